The Bertz CT molecular complexity index is 680. The van der Waals surface area contributed by atoms with Gasteiger partial charge in [0.25, 0.3) is 0 Å². The molecule has 0 saturated carbocycles. The average Bonchev–Trinajstić information content (AvgIpc) is 2.62. The molecule has 0 aliphatic carbocycles. The van der Waals surface area contributed by atoms with Gasteiger partial charge in [0.05, 0.1) is 6.04 Å². The minimum absolute atomic E-state index is 0.0539. The van der Waals surface area contributed by atoms with Crippen LogP contribution in [-0.4, -0.2) is 25.5 Å². The van der Waals surface area contributed by atoms with E-state index < -0.39 is 31.3 Å². The van der Waals surface area contributed by atoms with Crippen molar-refractivity contribution in [2.75, 3.05) is 6.54 Å². The molecule has 0 aliphatic heterocycles. The second-order valence-electron chi connectivity index (χ2n) is 6.45. The monoisotopic (exact) mass is 363 g/mol. The van der Waals surface area contributed by atoms with E-state index in [9.17, 15) is 17.7 Å². The van der Waals surface area contributed by atoms with Gasteiger partial charge in [-0.2, -0.15) is 0 Å². The number of rotatable bonds is 9. The van der Waals surface area contributed by atoms with E-state index in [4.69, 9.17) is 5.73 Å². The normalized spacial score (nSPS) is 13.8. The molecule has 0 fully saturated rings. The highest BCUT2D eigenvalue weighted by Gasteiger charge is 2.34. The van der Waals surface area contributed by atoms with Crippen molar-refractivity contribution in [1.29, 1.82) is 0 Å². The molecule has 2 rings (SSSR count). The first-order chi connectivity index (χ1) is 12.4. The van der Waals surface area contributed by atoms with Crippen molar-refractivity contribution in [3.8, 4) is 0 Å². The van der Waals surface area contributed by atoms with Gasteiger partial charge in [0, 0.05) is 0 Å². The third-order valence-electron chi connectivity index (χ3n) is 4.35. The summed E-state index contributed by atoms with van der Waals surface area (Å²) < 4.78 is 39.9. The van der Waals surface area contributed by atoms with E-state index in [0.29, 0.717) is 12.8 Å². The number of hydrogen-bond acceptors (Lipinski definition) is 2. The number of carbonyl (C=O) groups is 1. The van der Waals surface area contributed by atoms with E-state index in [-0.39, 0.29) is 6.42 Å². The van der Waals surface area contributed by atoms with Crippen molar-refractivity contribution >= 4 is 12.9 Å². The first-order valence-electron chi connectivity index (χ1n) is 8.67. The van der Waals surface area contributed by atoms with Crippen LogP contribution in [0.2, 0.25) is 5.82 Å². The van der Waals surface area contributed by atoms with Crippen LogP contribution in [-0.2, 0) is 17.6 Å². The van der Waals surface area contributed by atoms with Crippen LogP contribution in [0.5, 0.6) is 0 Å². The van der Waals surface area contributed by atoms with Crippen molar-refractivity contribution in [3.05, 3.63) is 71.8 Å². The molecular formula is C19H23BF3N2O-. The zero-order valence-electron chi connectivity index (χ0n) is 14.5. The van der Waals surface area contributed by atoms with Crippen LogP contribution in [0.1, 0.15) is 17.5 Å². The van der Waals surface area contributed by atoms with Crippen molar-refractivity contribution in [1.82, 2.24) is 5.32 Å². The van der Waals surface area contributed by atoms with Gasteiger partial charge in [-0.25, -0.2) is 0 Å². The Morgan fingerprint density at radius 1 is 0.962 bits per heavy atom. The van der Waals surface area contributed by atoms with Crippen molar-refractivity contribution in [2.24, 2.45) is 5.73 Å². The summed E-state index contributed by atoms with van der Waals surface area (Å²) in [6, 6.07) is 17.3. The van der Waals surface area contributed by atoms with Crippen LogP contribution in [0.3, 0.4) is 0 Å². The van der Waals surface area contributed by atoms with Gasteiger partial charge >= 0.3 is 6.98 Å². The Labute approximate surface area is 151 Å². The molecule has 2 atom stereocenters. The number of halogens is 3. The smallest absolute Gasteiger partial charge is 0.449 e. The number of amides is 1. The molecule has 0 heterocycles. The van der Waals surface area contributed by atoms with E-state index in [1.165, 1.54) is 0 Å². The van der Waals surface area contributed by atoms with E-state index in [2.05, 4.69) is 5.32 Å². The average molecular weight is 363 g/mol. The molecule has 2 aromatic rings. The standard InChI is InChI=1S/C19H23BF3N2O/c21-20(22,23)17(12-11-15-7-3-1-4-8-15)14-25-19(26)18(24)13-16-9-5-2-6-10-16/h1-10,17-18H,11-14,24H2,(H,25,26)/q-1. The van der Waals surface area contributed by atoms with Gasteiger partial charge in [-0.1, -0.05) is 72.9 Å². The summed E-state index contributed by atoms with van der Waals surface area (Å²) in [5, 5.41) is 2.38. The molecule has 0 aromatic heterocycles. The van der Waals surface area contributed by atoms with Gasteiger partial charge in [0.1, 0.15) is 0 Å². The number of nitrogens with one attached hydrogen (secondary N) is 1. The summed E-state index contributed by atoms with van der Waals surface area (Å²) in [4.78, 5) is 12.1. The summed E-state index contributed by atoms with van der Waals surface area (Å²) >= 11 is 0. The quantitative estimate of drug-likeness (QED) is 0.670. The number of aryl methyl sites for hydroxylation is 1. The van der Waals surface area contributed by atoms with Gasteiger partial charge in [-0.15, -0.1) is 0 Å². The summed E-state index contributed by atoms with van der Waals surface area (Å²) in [6.45, 7) is -5.48. The Hall–Kier alpha value is -2.28. The molecule has 140 valence electrons. The summed E-state index contributed by atoms with van der Waals surface area (Å²) in [5.41, 5.74) is 7.54. The van der Waals surface area contributed by atoms with Crippen molar-refractivity contribution < 1.29 is 17.7 Å². The van der Waals surface area contributed by atoms with Crippen LogP contribution < -0.4 is 11.1 Å². The highest BCUT2D eigenvalue weighted by molar-refractivity contribution is 6.60. The lowest BCUT2D eigenvalue weighted by atomic mass is 9.69. The van der Waals surface area contributed by atoms with Crippen LogP contribution in [0, 0.1) is 0 Å². The Morgan fingerprint density at radius 2 is 1.50 bits per heavy atom. The Kier molecular flexibility index (Phi) is 7.27. The first kappa shape index (κ1) is 20.0. The predicted octanol–water partition coefficient (Wildman–Crippen LogP) is 3.52. The Balaban J connectivity index is 1.86. The minimum atomic E-state index is -5.05. The summed E-state index contributed by atoms with van der Waals surface area (Å²) in [5.74, 6) is -2.10. The molecular weight excluding hydrogens is 340 g/mol. The molecule has 0 bridgehead atoms. The molecule has 0 saturated heterocycles. The fourth-order valence-electron chi connectivity index (χ4n) is 2.74. The van der Waals surface area contributed by atoms with E-state index in [0.717, 1.165) is 11.1 Å². The highest BCUT2D eigenvalue weighted by Crippen LogP contribution is 2.30. The van der Waals surface area contributed by atoms with Gasteiger partial charge in [0.15, 0.2) is 0 Å². The number of hydrogen-bond donors (Lipinski definition) is 2. The van der Waals surface area contributed by atoms with Crippen LogP contribution in [0.4, 0.5) is 12.9 Å². The second-order valence-corrected chi connectivity index (χ2v) is 6.45. The highest BCUT2D eigenvalue weighted by atomic mass is 19.4. The second kappa shape index (κ2) is 9.43. The molecule has 26 heavy (non-hydrogen) atoms. The number of nitrogens with two attached hydrogens (primary N) is 1. The molecule has 0 spiro atoms. The molecule has 2 unspecified atom stereocenters. The molecule has 3 N–H and O–H groups in total. The summed E-state index contributed by atoms with van der Waals surface area (Å²) in [6.07, 6.45) is 0.555. The maximum Gasteiger partial charge on any atom is 0.483 e. The van der Waals surface area contributed by atoms with Crippen LogP contribution in [0.25, 0.3) is 0 Å². The lowest BCUT2D eigenvalue weighted by Gasteiger charge is -2.27. The molecule has 3 nitrogen and oxygen atoms in total. The van der Waals surface area contributed by atoms with Crippen LogP contribution >= 0.6 is 0 Å². The molecule has 0 radical (unpaired) electrons. The SMILES string of the molecule is NC(Cc1ccccc1)C(=O)NCC(CCc1ccccc1)[B-](F)(F)F. The fourth-order valence-corrected chi connectivity index (χ4v) is 2.74. The number of carbonyl (C=O) groups excluding carboxylic acids is 1. The number of benzene rings is 2. The van der Waals surface area contributed by atoms with E-state index in [1.807, 2.05) is 36.4 Å². The molecule has 2 aromatic carbocycles. The third-order valence-corrected chi connectivity index (χ3v) is 4.35. The van der Waals surface area contributed by atoms with Crippen molar-refractivity contribution in [3.63, 3.8) is 0 Å². The maximum atomic E-state index is 13.3. The zero-order chi connectivity index (χ0) is 19.0. The lowest BCUT2D eigenvalue weighted by Crippen LogP contribution is -2.45. The minimum Gasteiger partial charge on any atom is -0.449 e. The van der Waals surface area contributed by atoms with E-state index in [1.54, 1.807) is 24.3 Å². The zero-order valence-corrected chi connectivity index (χ0v) is 14.5. The molecule has 0 aliphatic rings. The van der Waals surface area contributed by atoms with Crippen LogP contribution in [0.15, 0.2) is 60.7 Å². The van der Waals surface area contributed by atoms with Gasteiger partial charge < -0.3 is 24.0 Å². The molecule has 1 amide bonds. The Morgan fingerprint density at radius 3 is 2.04 bits per heavy atom. The lowest BCUT2D eigenvalue weighted by molar-refractivity contribution is -0.122. The fraction of sp³-hybridized carbons (Fsp3) is 0.316. The maximum absolute atomic E-state index is 13.3. The van der Waals surface area contributed by atoms with Gasteiger partial charge in [-0.05, 0) is 30.5 Å². The van der Waals surface area contributed by atoms with E-state index >= 15 is 0 Å². The third kappa shape index (κ3) is 6.56. The largest absolute Gasteiger partial charge is 0.483 e. The topological polar surface area (TPSA) is 55.1 Å². The van der Waals surface area contributed by atoms with Crippen molar-refractivity contribution in [2.45, 2.75) is 31.1 Å². The van der Waals surface area contributed by atoms with Gasteiger partial charge in [-0.3, -0.25) is 4.79 Å². The first-order valence-corrected chi connectivity index (χ1v) is 8.67. The predicted molar refractivity (Wildman–Crippen MR) is 98.7 cm³/mol. The van der Waals surface area contributed by atoms with Gasteiger partial charge in [0.2, 0.25) is 5.91 Å². The summed E-state index contributed by atoms with van der Waals surface area (Å²) in [7, 11) is 0. The molecule has 7 heteroatoms.